The van der Waals surface area contributed by atoms with Crippen LogP contribution in [0.5, 0.6) is 0 Å². The van der Waals surface area contributed by atoms with Gasteiger partial charge in [-0.3, -0.25) is 4.79 Å². The minimum absolute atomic E-state index is 0.193. The lowest BCUT2D eigenvalue weighted by Crippen LogP contribution is -2.21. The zero-order valence-corrected chi connectivity index (χ0v) is 12.4. The minimum atomic E-state index is -1.17. The third-order valence-electron chi connectivity index (χ3n) is 2.69. The van der Waals surface area contributed by atoms with Crippen molar-refractivity contribution in [2.75, 3.05) is 0 Å². The first-order valence-corrected chi connectivity index (χ1v) is 7.19. The number of carbonyl (C=O) groups excluding carboxylic acids is 1. The van der Waals surface area contributed by atoms with Gasteiger partial charge in [-0.1, -0.05) is 51.2 Å². The van der Waals surface area contributed by atoms with E-state index in [4.69, 9.17) is 0 Å². The molecule has 0 fully saturated rings. The summed E-state index contributed by atoms with van der Waals surface area (Å²) in [7, 11) is 0. The zero-order chi connectivity index (χ0) is 15.2. The van der Waals surface area contributed by atoms with Gasteiger partial charge in [0.05, 0.1) is 0 Å². The molecule has 0 rings (SSSR count). The third-order valence-corrected chi connectivity index (χ3v) is 2.69. The summed E-state index contributed by atoms with van der Waals surface area (Å²) in [6, 6.07) is 0. The van der Waals surface area contributed by atoms with Crippen molar-refractivity contribution in [3.63, 3.8) is 0 Å². The molecule has 0 aromatic heterocycles. The molecule has 0 aliphatic rings. The number of ketones is 1. The smallest absolute Gasteiger partial charge is 0.206 e. The Hall–Kier alpha value is -1.55. The van der Waals surface area contributed by atoms with E-state index in [1.54, 1.807) is 13.0 Å². The summed E-state index contributed by atoms with van der Waals surface area (Å²) in [5, 5.41) is 19.2. The summed E-state index contributed by atoms with van der Waals surface area (Å²) < 4.78 is 0. The molecule has 3 nitrogen and oxygen atoms in total. The summed E-state index contributed by atoms with van der Waals surface area (Å²) >= 11 is 0. The molecule has 0 aliphatic carbocycles. The third kappa shape index (κ3) is 10.4. The van der Waals surface area contributed by atoms with E-state index >= 15 is 0 Å². The van der Waals surface area contributed by atoms with E-state index in [-0.39, 0.29) is 5.78 Å². The largest absolute Gasteiger partial charge is 0.385 e. The summed E-state index contributed by atoms with van der Waals surface area (Å²) in [5.74, 6) is 9.26. The Labute approximate surface area is 122 Å². The van der Waals surface area contributed by atoms with Crippen molar-refractivity contribution >= 4 is 5.78 Å². The number of aliphatic hydroxyl groups is 2. The predicted molar refractivity (Wildman–Crippen MR) is 80.8 cm³/mol. The number of rotatable bonds is 8. The summed E-state index contributed by atoms with van der Waals surface area (Å²) in [6.45, 7) is 3.87. The van der Waals surface area contributed by atoms with Crippen LogP contribution in [0.1, 0.15) is 52.4 Å². The van der Waals surface area contributed by atoms with Gasteiger partial charge in [-0.15, -0.1) is 0 Å². The summed E-state index contributed by atoms with van der Waals surface area (Å²) in [5.41, 5.74) is 0. The van der Waals surface area contributed by atoms with Crippen LogP contribution in [0.2, 0.25) is 0 Å². The number of allylic oxidation sites excluding steroid dienone is 1. The molecule has 0 radical (unpaired) electrons. The second-order valence-corrected chi connectivity index (χ2v) is 4.51. The first-order valence-electron chi connectivity index (χ1n) is 7.19. The van der Waals surface area contributed by atoms with Gasteiger partial charge in [0.25, 0.3) is 0 Å². The van der Waals surface area contributed by atoms with E-state index < -0.39 is 12.2 Å². The Morgan fingerprint density at radius 3 is 2.55 bits per heavy atom. The van der Waals surface area contributed by atoms with Crippen LogP contribution in [0, 0.1) is 23.7 Å². The SMILES string of the molecule is CCCCCC/C=C/[C@@H](O)[C@H](O)C#CC#CC(=O)CC. The van der Waals surface area contributed by atoms with E-state index in [0.717, 1.165) is 12.8 Å². The van der Waals surface area contributed by atoms with Crippen LogP contribution in [0.3, 0.4) is 0 Å². The molecular formula is C17H24O3. The Kier molecular flexibility index (Phi) is 11.5. The van der Waals surface area contributed by atoms with Crippen molar-refractivity contribution in [2.24, 2.45) is 0 Å². The van der Waals surface area contributed by atoms with Crippen LogP contribution in [-0.4, -0.2) is 28.2 Å². The van der Waals surface area contributed by atoms with Gasteiger partial charge in [0.1, 0.15) is 12.2 Å². The summed E-state index contributed by atoms with van der Waals surface area (Å²) in [6.07, 6.45) is 7.15. The standard InChI is InChI=1S/C17H24O3/c1-3-5-6-7-8-9-13-16(19)17(20)14-11-10-12-15(18)4-2/h9,13,16-17,19-20H,3-8H2,1-2H3/b13-9+/t16-,17-/m1/s1. The number of carbonyl (C=O) groups is 1. The Morgan fingerprint density at radius 2 is 1.90 bits per heavy atom. The number of hydrogen-bond acceptors (Lipinski definition) is 3. The molecule has 110 valence electrons. The number of hydrogen-bond donors (Lipinski definition) is 2. The van der Waals surface area contributed by atoms with Crippen LogP contribution < -0.4 is 0 Å². The fourth-order valence-electron chi connectivity index (χ4n) is 1.41. The van der Waals surface area contributed by atoms with Crippen molar-refractivity contribution < 1.29 is 15.0 Å². The fourth-order valence-corrected chi connectivity index (χ4v) is 1.41. The quantitative estimate of drug-likeness (QED) is 0.309. The lowest BCUT2D eigenvalue weighted by molar-refractivity contribution is -0.113. The van der Waals surface area contributed by atoms with Crippen LogP contribution in [0.25, 0.3) is 0 Å². The Morgan fingerprint density at radius 1 is 1.15 bits per heavy atom. The highest BCUT2D eigenvalue weighted by atomic mass is 16.3. The monoisotopic (exact) mass is 276 g/mol. The van der Waals surface area contributed by atoms with E-state index in [9.17, 15) is 15.0 Å². The van der Waals surface area contributed by atoms with Crippen molar-refractivity contribution in [1.82, 2.24) is 0 Å². The van der Waals surface area contributed by atoms with Crippen LogP contribution >= 0.6 is 0 Å². The van der Waals surface area contributed by atoms with Crippen molar-refractivity contribution in [1.29, 1.82) is 0 Å². The van der Waals surface area contributed by atoms with Gasteiger partial charge in [-0.2, -0.15) is 0 Å². The van der Waals surface area contributed by atoms with Gasteiger partial charge in [0.2, 0.25) is 5.78 Å². The van der Waals surface area contributed by atoms with E-state index in [1.165, 1.54) is 19.3 Å². The molecule has 20 heavy (non-hydrogen) atoms. The molecule has 0 bridgehead atoms. The lowest BCUT2D eigenvalue weighted by Gasteiger charge is -2.06. The maximum absolute atomic E-state index is 10.9. The first-order chi connectivity index (χ1) is 9.61. The molecule has 0 unspecified atom stereocenters. The molecular weight excluding hydrogens is 252 g/mol. The van der Waals surface area contributed by atoms with Gasteiger partial charge < -0.3 is 10.2 Å². The molecule has 0 saturated carbocycles. The minimum Gasteiger partial charge on any atom is -0.385 e. The molecule has 0 aromatic carbocycles. The molecule has 2 N–H and O–H groups in total. The fraction of sp³-hybridized carbons (Fsp3) is 0.588. The van der Waals surface area contributed by atoms with Crippen LogP contribution in [0.4, 0.5) is 0 Å². The van der Waals surface area contributed by atoms with Crippen molar-refractivity contribution in [3.05, 3.63) is 12.2 Å². The van der Waals surface area contributed by atoms with Crippen LogP contribution in [-0.2, 0) is 4.79 Å². The molecule has 2 atom stereocenters. The highest BCUT2D eigenvalue weighted by Gasteiger charge is 2.08. The second-order valence-electron chi connectivity index (χ2n) is 4.51. The normalized spacial score (nSPS) is 13.0. The predicted octanol–water partition coefficient (Wildman–Crippen LogP) is 2.22. The highest BCUT2D eigenvalue weighted by molar-refractivity contribution is 5.95. The van der Waals surface area contributed by atoms with Gasteiger partial charge in [0.15, 0.2) is 0 Å². The molecule has 0 aromatic rings. The van der Waals surface area contributed by atoms with Crippen LogP contribution in [0.15, 0.2) is 12.2 Å². The Balaban J connectivity index is 4.05. The summed E-state index contributed by atoms with van der Waals surface area (Å²) in [4.78, 5) is 10.9. The second kappa shape index (κ2) is 12.5. The highest BCUT2D eigenvalue weighted by Crippen LogP contribution is 2.04. The average molecular weight is 276 g/mol. The molecule has 0 spiro atoms. The van der Waals surface area contributed by atoms with Gasteiger partial charge in [0, 0.05) is 6.42 Å². The molecule has 0 heterocycles. The van der Waals surface area contributed by atoms with Gasteiger partial charge >= 0.3 is 0 Å². The Bertz CT molecular complexity index is 415. The first kappa shape index (κ1) is 18.4. The van der Waals surface area contributed by atoms with Crippen molar-refractivity contribution in [2.45, 2.75) is 64.6 Å². The van der Waals surface area contributed by atoms with Gasteiger partial charge in [-0.05, 0) is 30.6 Å². The molecule has 0 amide bonds. The molecule has 3 heteroatoms. The lowest BCUT2D eigenvalue weighted by atomic mass is 10.1. The maximum Gasteiger partial charge on any atom is 0.206 e. The maximum atomic E-state index is 10.9. The van der Waals surface area contributed by atoms with Gasteiger partial charge in [-0.25, -0.2) is 0 Å². The average Bonchev–Trinajstić information content (AvgIpc) is 2.46. The number of aliphatic hydroxyl groups excluding tert-OH is 2. The molecule has 0 saturated heterocycles. The number of Topliss-reactive ketones (excluding diaryl/α,β-unsaturated/α-hetero) is 1. The number of unbranched alkanes of at least 4 members (excludes halogenated alkanes) is 4. The zero-order valence-electron chi connectivity index (χ0n) is 12.4. The van der Waals surface area contributed by atoms with Crippen molar-refractivity contribution in [3.8, 4) is 23.7 Å². The topological polar surface area (TPSA) is 57.5 Å². The van der Waals surface area contributed by atoms with E-state index in [0.29, 0.717) is 6.42 Å². The van der Waals surface area contributed by atoms with E-state index in [2.05, 4.69) is 30.6 Å². The molecule has 0 aliphatic heterocycles. The van der Waals surface area contributed by atoms with E-state index in [1.807, 2.05) is 6.08 Å².